The first kappa shape index (κ1) is 24.0. The number of amidine groups is 1. The number of thiophene rings is 1. The lowest BCUT2D eigenvalue weighted by Crippen LogP contribution is -2.30. The van der Waals surface area contributed by atoms with E-state index in [0.717, 1.165) is 29.7 Å². The van der Waals surface area contributed by atoms with Gasteiger partial charge >= 0.3 is 0 Å². The van der Waals surface area contributed by atoms with Gasteiger partial charge in [-0.2, -0.15) is 0 Å². The summed E-state index contributed by atoms with van der Waals surface area (Å²) in [7, 11) is -3.73. The van der Waals surface area contributed by atoms with Gasteiger partial charge in [-0.05, 0) is 55.7 Å². The van der Waals surface area contributed by atoms with Crippen molar-refractivity contribution >= 4 is 38.8 Å². The molecule has 34 heavy (non-hydrogen) atoms. The van der Waals surface area contributed by atoms with E-state index in [0.29, 0.717) is 41.7 Å². The summed E-state index contributed by atoms with van der Waals surface area (Å²) >= 11 is 1.35. The highest BCUT2D eigenvalue weighted by molar-refractivity contribution is 7.90. The third-order valence-electron chi connectivity index (χ3n) is 5.31. The molecule has 9 heteroatoms. The zero-order valence-corrected chi connectivity index (χ0v) is 20.5. The van der Waals surface area contributed by atoms with Crippen molar-refractivity contribution in [3.05, 3.63) is 65.5 Å². The van der Waals surface area contributed by atoms with Crippen LogP contribution in [0.4, 0.5) is 5.69 Å². The van der Waals surface area contributed by atoms with E-state index >= 15 is 0 Å². The number of sulfonamides is 1. The molecule has 0 aliphatic carbocycles. The summed E-state index contributed by atoms with van der Waals surface area (Å²) < 4.78 is 33.7. The molecule has 1 amide bonds. The Morgan fingerprint density at radius 3 is 2.56 bits per heavy atom. The number of aliphatic imine (C=N–C) groups is 1. The maximum atomic E-state index is 13.0. The average Bonchev–Trinajstić information content (AvgIpc) is 3.10. The van der Waals surface area contributed by atoms with Crippen molar-refractivity contribution in [1.29, 1.82) is 0 Å². The summed E-state index contributed by atoms with van der Waals surface area (Å²) in [5.41, 5.74) is 1.50. The van der Waals surface area contributed by atoms with Crippen LogP contribution in [0, 0.1) is 0 Å². The molecular formula is C25H27N3O4S2. The molecule has 2 aromatic carbocycles. The predicted molar refractivity (Wildman–Crippen MR) is 136 cm³/mol. The summed E-state index contributed by atoms with van der Waals surface area (Å²) in [4.78, 5) is 18.9. The Morgan fingerprint density at radius 1 is 1.06 bits per heavy atom. The van der Waals surface area contributed by atoms with Crippen molar-refractivity contribution in [2.45, 2.75) is 37.5 Å². The fourth-order valence-corrected chi connectivity index (χ4v) is 5.71. The molecule has 0 unspecified atom stereocenters. The van der Waals surface area contributed by atoms with Gasteiger partial charge in [0.2, 0.25) is 0 Å². The van der Waals surface area contributed by atoms with E-state index in [1.165, 1.54) is 23.5 Å². The quantitative estimate of drug-likeness (QED) is 0.462. The van der Waals surface area contributed by atoms with E-state index in [-0.39, 0.29) is 10.8 Å². The summed E-state index contributed by atoms with van der Waals surface area (Å²) in [6, 6.07) is 17.8. The van der Waals surface area contributed by atoms with Crippen LogP contribution in [0.15, 0.2) is 70.6 Å². The molecule has 0 atom stereocenters. The summed E-state index contributed by atoms with van der Waals surface area (Å²) in [5, 5.41) is 2.84. The molecule has 1 aliphatic rings. The molecular weight excluding hydrogens is 470 g/mol. The SMILES string of the molecule is CCOc1cc(-c2ccccc2)sc1C(=O)Nc1ccc(S(=O)(=O)NC2=NCCCCC2)cc1. The smallest absolute Gasteiger partial charge is 0.269 e. The first-order chi connectivity index (χ1) is 16.5. The lowest BCUT2D eigenvalue weighted by molar-refractivity contribution is 0.102. The van der Waals surface area contributed by atoms with Crippen molar-refractivity contribution in [1.82, 2.24) is 4.72 Å². The zero-order valence-electron chi connectivity index (χ0n) is 18.9. The van der Waals surface area contributed by atoms with Gasteiger partial charge in [-0.25, -0.2) is 8.42 Å². The lowest BCUT2D eigenvalue weighted by Gasteiger charge is -2.11. The predicted octanol–water partition coefficient (Wildman–Crippen LogP) is 5.32. The van der Waals surface area contributed by atoms with Crippen molar-refractivity contribution in [2.24, 2.45) is 4.99 Å². The van der Waals surface area contributed by atoms with Crippen molar-refractivity contribution < 1.29 is 17.9 Å². The van der Waals surface area contributed by atoms with Gasteiger partial charge in [0.05, 0.1) is 11.5 Å². The lowest BCUT2D eigenvalue weighted by atomic mass is 10.2. The number of hydrogen-bond donors (Lipinski definition) is 2. The first-order valence-corrected chi connectivity index (χ1v) is 13.6. The summed E-state index contributed by atoms with van der Waals surface area (Å²) in [6.45, 7) is 2.95. The molecule has 4 rings (SSSR count). The number of nitrogens with one attached hydrogen (secondary N) is 2. The van der Waals surface area contributed by atoms with Gasteiger partial charge in [0.1, 0.15) is 16.5 Å². The number of anilines is 1. The largest absolute Gasteiger partial charge is 0.492 e. The molecule has 0 fully saturated rings. The van der Waals surface area contributed by atoms with Gasteiger partial charge in [0.15, 0.2) is 0 Å². The number of rotatable bonds is 7. The highest BCUT2D eigenvalue weighted by Crippen LogP contribution is 2.36. The number of amides is 1. The normalized spacial score (nSPS) is 14.1. The minimum atomic E-state index is -3.73. The topological polar surface area (TPSA) is 96.9 Å². The minimum absolute atomic E-state index is 0.120. The summed E-state index contributed by atoms with van der Waals surface area (Å²) in [5.74, 6) is 0.721. The molecule has 0 bridgehead atoms. The number of ether oxygens (including phenoxy) is 1. The molecule has 1 aliphatic heterocycles. The van der Waals surface area contributed by atoms with Gasteiger partial charge in [-0.15, -0.1) is 11.3 Å². The molecule has 2 N–H and O–H groups in total. The van der Waals surface area contributed by atoms with Crippen molar-refractivity contribution in [3.63, 3.8) is 0 Å². The number of hydrogen-bond acceptors (Lipinski definition) is 6. The van der Waals surface area contributed by atoms with E-state index < -0.39 is 10.0 Å². The standard InChI is InChI=1S/C25H27N3O4S2/c1-2-32-21-17-22(18-9-5-3-6-10-18)33-24(21)25(29)27-19-12-14-20(15-13-19)34(30,31)28-23-11-7-4-8-16-26-23/h3,5-6,9-10,12-15,17H,2,4,7-8,11,16H2,1H3,(H,26,28)(H,27,29). The van der Waals surface area contributed by atoms with Crippen LogP contribution in [0.1, 0.15) is 42.3 Å². The Hall–Kier alpha value is -3.17. The molecule has 0 saturated carbocycles. The third kappa shape index (κ3) is 5.84. The van der Waals surface area contributed by atoms with Crippen LogP contribution in [0.3, 0.4) is 0 Å². The van der Waals surface area contributed by atoms with Crippen LogP contribution in [-0.4, -0.2) is 33.3 Å². The van der Waals surface area contributed by atoms with Crippen LogP contribution < -0.4 is 14.8 Å². The van der Waals surface area contributed by atoms with Crippen molar-refractivity contribution in [2.75, 3.05) is 18.5 Å². The Morgan fingerprint density at radius 2 is 1.82 bits per heavy atom. The second kappa shape index (κ2) is 10.8. The monoisotopic (exact) mass is 497 g/mol. The van der Waals surface area contributed by atoms with Gasteiger partial charge < -0.3 is 10.1 Å². The molecule has 1 aromatic heterocycles. The molecule has 0 radical (unpaired) electrons. The van der Waals surface area contributed by atoms with E-state index in [2.05, 4.69) is 15.0 Å². The second-order valence-corrected chi connectivity index (χ2v) is 10.6. The van der Waals surface area contributed by atoms with Crippen LogP contribution in [0.5, 0.6) is 5.75 Å². The third-order valence-corrected chi connectivity index (χ3v) is 7.87. The molecule has 2 heterocycles. The van der Waals surface area contributed by atoms with Gasteiger partial charge in [-0.3, -0.25) is 14.5 Å². The van der Waals surface area contributed by atoms with E-state index in [9.17, 15) is 13.2 Å². The van der Waals surface area contributed by atoms with Gasteiger partial charge in [0.25, 0.3) is 15.9 Å². The molecule has 0 saturated heterocycles. The number of nitrogens with zero attached hydrogens (tertiary/aromatic N) is 1. The van der Waals surface area contributed by atoms with Crippen LogP contribution >= 0.6 is 11.3 Å². The maximum Gasteiger partial charge on any atom is 0.269 e. The summed E-state index contributed by atoms with van der Waals surface area (Å²) in [6.07, 6.45) is 3.57. The Kier molecular flexibility index (Phi) is 7.64. The maximum absolute atomic E-state index is 13.0. The fraction of sp³-hybridized carbons (Fsp3) is 0.280. The van der Waals surface area contributed by atoms with E-state index in [1.807, 2.05) is 43.3 Å². The molecule has 3 aromatic rings. The van der Waals surface area contributed by atoms with E-state index in [4.69, 9.17) is 4.74 Å². The van der Waals surface area contributed by atoms with Gasteiger partial charge in [0, 0.05) is 23.5 Å². The first-order valence-electron chi connectivity index (χ1n) is 11.3. The van der Waals surface area contributed by atoms with Gasteiger partial charge in [-0.1, -0.05) is 36.8 Å². The fourth-order valence-electron chi connectivity index (χ4n) is 3.62. The zero-order chi connectivity index (χ0) is 24.0. The number of carbonyl (C=O) groups is 1. The average molecular weight is 498 g/mol. The highest BCUT2D eigenvalue weighted by Gasteiger charge is 2.20. The van der Waals surface area contributed by atoms with Crippen molar-refractivity contribution in [3.8, 4) is 16.2 Å². The molecule has 178 valence electrons. The Labute approximate surface area is 203 Å². The van der Waals surface area contributed by atoms with Crippen LogP contribution in [0.2, 0.25) is 0 Å². The van der Waals surface area contributed by atoms with E-state index in [1.54, 1.807) is 12.1 Å². The second-order valence-electron chi connectivity index (χ2n) is 7.83. The molecule has 0 spiro atoms. The van der Waals surface area contributed by atoms with Crippen LogP contribution in [0.25, 0.3) is 10.4 Å². The highest BCUT2D eigenvalue weighted by atomic mass is 32.2. The minimum Gasteiger partial charge on any atom is -0.492 e. The Balaban J connectivity index is 1.48. The number of carbonyl (C=O) groups excluding carboxylic acids is 1. The molecule has 7 nitrogen and oxygen atoms in total. The number of benzene rings is 2. The Bertz CT molecular complexity index is 1270. The van der Waals surface area contributed by atoms with Crippen LogP contribution in [-0.2, 0) is 10.0 Å².